The molecule has 2 aliphatic rings. The Kier molecular flexibility index (Phi) is 13.6. The lowest BCUT2D eigenvalue weighted by Crippen LogP contribution is -2.50. The lowest BCUT2D eigenvalue weighted by molar-refractivity contribution is -0.111. The quantitative estimate of drug-likeness (QED) is 0.189. The second kappa shape index (κ2) is 16.0. The van der Waals surface area contributed by atoms with Gasteiger partial charge in [0, 0.05) is 12.3 Å². The molecule has 0 amide bonds. The van der Waals surface area contributed by atoms with Gasteiger partial charge in [0.1, 0.15) is 6.10 Å². The largest absolute Gasteiger partial charge is 0.393 e. The molecule has 0 saturated heterocycles. The maximum atomic E-state index is 10.9. The molecule has 0 aromatic heterocycles. The van der Waals surface area contributed by atoms with Crippen molar-refractivity contribution in [1.82, 2.24) is 0 Å². The summed E-state index contributed by atoms with van der Waals surface area (Å²) in [5.74, 6) is -0.0192. The summed E-state index contributed by atoms with van der Waals surface area (Å²) in [6, 6.07) is 0. The molecule has 0 bridgehead atoms. The highest BCUT2D eigenvalue weighted by Gasteiger charge is 2.47. The van der Waals surface area contributed by atoms with Crippen LogP contribution < -0.4 is 0 Å². The molecule has 4 heteroatoms. The van der Waals surface area contributed by atoms with Gasteiger partial charge in [0.25, 0.3) is 0 Å². The third-order valence-corrected chi connectivity index (χ3v) is 8.93. The van der Waals surface area contributed by atoms with Crippen molar-refractivity contribution in [2.75, 3.05) is 0 Å². The van der Waals surface area contributed by atoms with Crippen molar-refractivity contribution in [3.63, 3.8) is 0 Å². The summed E-state index contributed by atoms with van der Waals surface area (Å²) in [4.78, 5) is 0. The standard InChI is InChI=1S/C40H58O4/c1-28(17-13-19-30(3)21-23-34-32(5)37(43)35(42)27-38(34,6)7)15-11-12-16-29(2)18-14-20-31(4)22-24-36-39(8,9)25-33(41)26-40(36,10)44/h11-24,33,35-37,41-44H,25-27H2,1-10H3. The van der Waals surface area contributed by atoms with Gasteiger partial charge in [-0.2, -0.15) is 0 Å². The number of rotatable bonds is 10. The Morgan fingerprint density at radius 3 is 1.66 bits per heavy atom. The van der Waals surface area contributed by atoms with Gasteiger partial charge in [0.05, 0.1) is 17.8 Å². The molecule has 4 N–H and O–H groups in total. The third-order valence-electron chi connectivity index (χ3n) is 8.93. The summed E-state index contributed by atoms with van der Waals surface area (Å²) in [6.07, 6.45) is 28.6. The van der Waals surface area contributed by atoms with Crippen LogP contribution in [0.5, 0.6) is 0 Å². The highest BCUT2D eigenvalue weighted by atomic mass is 16.3. The second-order valence-corrected chi connectivity index (χ2v) is 14.5. The molecule has 44 heavy (non-hydrogen) atoms. The predicted molar refractivity (Wildman–Crippen MR) is 187 cm³/mol. The monoisotopic (exact) mass is 602 g/mol. The molecule has 1 saturated carbocycles. The van der Waals surface area contributed by atoms with Crippen LogP contribution in [0.15, 0.2) is 119 Å². The van der Waals surface area contributed by atoms with E-state index in [1.807, 2.05) is 38.2 Å². The molecule has 2 aliphatic carbocycles. The van der Waals surface area contributed by atoms with Crippen molar-refractivity contribution in [2.45, 2.75) is 112 Å². The van der Waals surface area contributed by atoms with Gasteiger partial charge in [0.15, 0.2) is 0 Å². The van der Waals surface area contributed by atoms with E-state index >= 15 is 0 Å². The van der Waals surface area contributed by atoms with Crippen molar-refractivity contribution in [1.29, 1.82) is 0 Å². The molecule has 1 fully saturated rings. The summed E-state index contributed by atoms with van der Waals surface area (Å²) < 4.78 is 0. The van der Waals surface area contributed by atoms with Gasteiger partial charge in [0.2, 0.25) is 0 Å². The van der Waals surface area contributed by atoms with Crippen LogP contribution in [-0.2, 0) is 0 Å². The minimum absolute atomic E-state index is 0.0192. The van der Waals surface area contributed by atoms with Crippen LogP contribution in [0.25, 0.3) is 0 Å². The SMILES string of the molecule is CC(C=CC=C(C)C=CC1=C(C)C(O)C(O)CC1(C)C)=CC=CC=C(C)C=CC=C(C)C=CC1C(C)(C)CC(O)CC1(C)O. The number of aliphatic hydroxyl groups excluding tert-OH is 3. The number of aliphatic hydroxyl groups is 4. The summed E-state index contributed by atoms with van der Waals surface area (Å²) in [5, 5.41) is 41.5. The normalized spacial score (nSPS) is 31.1. The van der Waals surface area contributed by atoms with Crippen LogP contribution in [0.3, 0.4) is 0 Å². The minimum Gasteiger partial charge on any atom is -0.393 e. The van der Waals surface area contributed by atoms with E-state index in [0.29, 0.717) is 19.3 Å². The zero-order chi connectivity index (χ0) is 33.3. The maximum Gasteiger partial charge on any atom is 0.101 e. The van der Waals surface area contributed by atoms with E-state index in [0.717, 1.165) is 33.4 Å². The molecule has 242 valence electrons. The Hall–Kier alpha value is -2.76. The first-order valence-corrected chi connectivity index (χ1v) is 15.9. The summed E-state index contributed by atoms with van der Waals surface area (Å²) >= 11 is 0. The van der Waals surface area contributed by atoms with E-state index < -0.39 is 23.9 Å². The highest BCUT2D eigenvalue weighted by molar-refractivity contribution is 5.39. The smallest absolute Gasteiger partial charge is 0.101 e. The van der Waals surface area contributed by atoms with E-state index in [-0.39, 0.29) is 16.7 Å². The van der Waals surface area contributed by atoms with Crippen molar-refractivity contribution >= 4 is 0 Å². The molecule has 5 unspecified atom stereocenters. The van der Waals surface area contributed by atoms with E-state index in [1.54, 1.807) is 0 Å². The maximum absolute atomic E-state index is 10.9. The average Bonchev–Trinajstić information content (AvgIpc) is 2.87. The highest BCUT2D eigenvalue weighted by Crippen LogP contribution is 2.47. The minimum atomic E-state index is -0.920. The molecule has 0 heterocycles. The van der Waals surface area contributed by atoms with Gasteiger partial charge in [-0.3, -0.25) is 0 Å². The van der Waals surface area contributed by atoms with Gasteiger partial charge < -0.3 is 20.4 Å². The predicted octanol–water partition coefficient (Wildman–Crippen LogP) is 8.57. The van der Waals surface area contributed by atoms with Crippen molar-refractivity contribution in [2.24, 2.45) is 16.7 Å². The Bertz CT molecular complexity index is 1280. The Morgan fingerprint density at radius 2 is 1.14 bits per heavy atom. The fraction of sp³-hybridized carbons (Fsp3) is 0.500. The summed E-state index contributed by atoms with van der Waals surface area (Å²) in [6.45, 7) is 20.4. The number of allylic oxidation sites excluding steroid dienone is 18. The lowest BCUT2D eigenvalue weighted by atomic mass is 9.61. The molecule has 0 radical (unpaired) electrons. The molecule has 0 aliphatic heterocycles. The third kappa shape index (κ3) is 11.3. The van der Waals surface area contributed by atoms with Crippen LogP contribution in [0, 0.1) is 16.7 Å². The lowest BCUT2D eigenvalue weighted by Gasteiger charge is -2.48. The fourth-order valence-electron chi connectivity index (χ4n) is 6.61. The van der Waals surface area contributed by atoms with Gasteiger partial charge in [-0.1, -0.05) is 135 Å². The molecular formula is C40H58O4. The number of hydrogen-bond acceptors (Lipinski definition) is 4. The second-order valence-electron chi connectivity index (χ2n) is 14.5. The van der Waals surface area contributed by atoms with Crippen LogP contribution in [-0.4, -0.2) is 44.3 Å². The van der Waals surface area contributed by atoms with Crippen LogP contribution >= 0.6 is 0 Å². The summed E-state index contributed by atoms with van der Waals surface area (Å²) in [7, 11) is 0. The Balaban J connectivity index is 1.93. The van der Waals surface area contributed by atoms with Crippen molar-refractivity contribution in [3.8, 4) is 0 Å². The molecule has 0 spiro atoms. The molecule has 4 nitrogen and oxygen atoms in total. The number of hydrogen-bond donors (Lipinski definition) is 4. The van der Waals surface area contributed by atoms with E-state index in [4.69, 9.17) is 0 Å². The van der Waals surface area contributed by atoms with Crippen LogP contribution in [0.2, 0.25) is 0 Å². The van der Waals surface area contributed by atoms with E-state index in [9.17, 15) is 20.4 Å². The molecule has 0 aromatic rings. The van der Waals surface area contributed by atoms with Gasteiger partial charge in [-0.05, 0) is 76.4 Å². The zero-order valence-corrected chi connectivity index (χ0v) is 28.8. The van der Waals surface area contributed by atoms with E-state index in [2.05, 4.69) is 116 Å². The van der Waals surface area contributed by atoms with Crippen LogP contribution in [0.4, 0.5) is 0 Å². The Labute approximate surface area is 267 Å². The zero-order valence-electron chi connectivity index (χ0n) is 28.8. The van der Waals surface area contributed by atoms with Crippen molar-refractivity contribution in [3.05, 3.63) is 119 Å². The molecular weight excluding hydrogens is 544 g/mol. The van der Waals surface area contributed by atoms with E-state index in [1.165, 1.54) is 0 Å². The van der Waals surface area contributed by atoms with Crippen molar-refractivity contribution < 1.29 is 20.4 Å². The molecule has 5 atom stereocenters. The average molecular weight is 603 g/mol. The van der Waals surface area contributed by atoms with Gasteiger partial charge in [-0.15, -0.1) is 0 Å². The fourth-order valence-corrected chi connectivity index (χ4v) is 6.61. The molecule has 2 rings (SSSR count). The topological polar surface area (TPSA) is 80.9 Å². The molecule has 0 aromatic carbocycles. The van der Waals surface area contributed by atoms with Gasteiger partial charge in [-0.25, -0.2) is 0 Å². The Morgan fingerprint density at radius 1 is 0.659 bits per heavy atom. The van der Waals surface area contributed by atoms with Gasteiger partial charge >= 0.3 is 0 Å². The van der Waals surface area contributed by atoms with Crippen LogP contribution in [0.1, 0.15) is 88.5 Å². The first kappa shape index (κ1) is 37.4. The first-order chi connectivity index (χ1) is 20.4. The summed E-state index contributed by atoms with van der Waals surface area (Å²) in [5.41, 5.74) is 5.15. The first-order valence-electron chi connectivity index (χ1n) is 15.9.